The van der Waals surface area contributed by atoms with Crippen molar-refractivity contribution in [1.29, 1.82) is 0 Å². The van der Waals surface area contributed by atoms with Crippen molar-refractivity contribution in [2.45, 2.75) is 56.1 Å². The van der Waals surface area contributed by atoms with Crippen molar-refractivity contribution in [2.24, 2.45) is 5.92 Å². The van der Waals surface area contributed by atoms with Gasteiger partial charge < -0.3 is 24.3 Å². The number of fused-ring (bicyclic) bond motifs is 2. The molecule has 2 amide bonds. The molecule has 5 atom stereocenters. The Morgan fingerprint density at radius 3 is 2.60 bits per heavy atom. The quantitative estimate of drug-likeness (QED) is 0.382. The lowest BCUT2D eigenvalue weighted by atomic mass is 9.82. The molecule has 1 spiro atoms. The maximum atomic E-state index is 14.0. The normalized spacial score (nSPS) is 26.3. The van der Waals surface area contributed by atoms with E-state index in [1.807, 2.05) is 74.7 Å². The van der Waals surface area contributed by atoms with Crippen LogP contribution in [-0.4, -0.2) is 78.1 Å². The van der Waals surface area contributed by atoms with Gasteiger partial charge >= 0.3 is 6.09 Å². The molecule has 6 rings (SSSR count). The van der Waals surface area contributed by atoms with Crippen LogP contribution in [0.25, 0.3) is 0 Å². The molecule has 2 N–H and O–H groups in total. The highest BCUT2D eigenvalue weighted by atomic mass is 28.4. The maximum absolute atomic E-state index is 14.0. The number of nitrogens with zero attached hydrogens (tertiary/aromatic N) is 5. The van der Waals surface area contributed by atoms with Crippen LogP contribution in [-0.2, 0) is 26.4 Å². The van der Waals surface area contributed by atoms with E-state index in [1.54, 1.807) is 21.5 Å². The van der Waals surface area contributed by atoms with Gasteiger partial charge in [0, 0.05) is 42.5 Å². The van der Waals surface area contributed by atoms with Crippen molar-refractivity contribution in [3.63, 3.8) is 0 Å². The van der Waals surface area contributed by atoms with E-state index >= 15 is 0 Å². The monoisotopic (exact) mass is 591 g/mol. The second-order valence-electron chi connectivity index (χ2n) is 12.0. The van der Waals surface area contributed by atoms with E-state index < -0.39 is 26.1 Å². The van der Waals surface area contributed by atoms with Crippen LogP contribution in [0.1, 0.15) is 36.1 Å². The Balaban J connectivity index is 1.29. The average molecular weight is 592 g/mol. The van der Waals surface area contributed by atoms with E-state index in [-0.39, 0.29) is 29.9 Å². The molecule has 2 saturated heterocycles. The summed E-state index contributed by atoms with van der Waals surface area (Å²) in [7, 11) is -1.09. The number of aliphatic hydroxyl groups excluding tert-OH is 1. The van der Waals surface area contributed by atoms with Crippen LogP contribution in [0.2, 0.25) is 18.6 Å². The highest BCUT2D eigenvalue weighted by Gasteiger charge is 2.65. The van der Waals surface area contributed by atoms with Gasteiger partial charge in [0.15, 0.2) is 13.9 Å². The minimum Gasteiger partial charge on any atom is -0.447 e. The van der Waals surface area contributed by atoms with Crippen molar-refractivity contribution in [3.8, 4) is 0 Å². The first-order chi connectivity index (χ1) is 20.1. The van der Waals surface area contributed by atoms with Crippen molar-refractivity contribution >= 4 is 31.7 Å². The molecule has 12 heteroatoms. The Hall–Kier alpha value is -3.58. The molecule has 1 unspecified atom stereocenters. The molecule has 42 heavy (non-hydrogen) atoms. The van der Waals surface area contributed by atoms with Gasteiger partial charge in [-0.2, -0.15) is 0 Å². The number of hydrogen-bond donors (Lipinski definition) is 2. The third-order valence-electron chi connectivity index (χ3n) is 9.11. The molecular formula is C30H37N5O6Si. The Bertz CT molecular complexity index is 1490. The Kier molecular flexibility index (Phi) is 7.20. The lowest BCUT2D eigenvalue weighted by Crippen LogP contribution is -2.45. The number of aromatic nitrogens is 3. The highest BCUT2D eigenvalue weighted by molar-refractivity contribution is 6.71. The molecular weight excluding hydrogens is 554 g/mol. The number of benzene rings is 2. The minimum atomic E-state index is -2.83. The zero-order valence-electron chi connectivity index (χ0n) is 24.3. The van der Waals surface area contributed by atoms with Crippen LogP contribution in [0.5, 0.6) is 0 Å². The topological polar surface area (TPSA) is 130 Å². The number of aryl methyl sites for hydroxylation is 1. The molecule has 0 saturated carbocycles. The number of aliphatic hydroxyl groups is 1. The number of carbonyl (C=O) groups is 2. The summed E-state index contributed by atoms with van der Waals surface area (Å²) in [5, 5.41) is 18.7. The van der Waals surface area contributed by atoms with Gasteiger partial charge in [0.2, 0.25) is 0 Å². The minimum absolute atomic E-state index is 0.0902. The number of ether oxygens (including phenoxy) is 2. The molecule has 4 heterocycles. The summed E-state index contributed by atoms with van der Waals surface area (Å²) >= 11 is 0. The summed E-state index contributed by atoms with van der Waals surface area (Å²) in [6.45, 7) is 6.90. The predicted octanol–water partition coefficient (Wildman–Crippen LogP) is 3.22. The molecule has 2 aromatic carbocycles. The van der Waals surface area contributed by atoms with E-state index in [0.29, 0.717) is 43.1 Å². The lowest BCUT2D eigenvalue weighted by Gasteiger charge is -2.32. The third kappa shape index (κ3) is 4.53. The number of hydrogen-bond acceptors (Lipinski definition) is 8. The van der Waals surface area contributed by atoms with Crippen LogP contribution < -0.4 is 9.80 Å². The van der Waals surface area contributed by atoms with E-state index in [9.17, 15) is 19.5 Å². The number of amides is 2. The molecule has 3 aromatic rings. The molecule has 3 aliphatic heterocycles. The number of cyclic esters (lactones) is 1. The van der Waals surface area contributed by atoms with Crippen LogP contribution in [0.15, 0.2) is 54.7 Å². The van der Waals surface area contributed by atoms with Crippen molar-refractivity contribution in [3.05, 3.63) is 71.5 Å². The van der Waals surface area contributed by atoms with Gasteiger partial charge in [-0.1, -0.05) is 42.5 Å². The Morgan fingerprint density at radius 1 is 1.17 bits per heavy atom. The SMILES string of the molecule is C[C@H]1[C@H]([Si](C)(C)O)[C@@H](CCn2cc(C(CO)c3ccccc3)nn2)O[C@]12C(=O)N(C)c1ccc(N3CCOC3=O)cc12. The summed E-state index contributed by atoms with van der Waals surface area (Å²) in [5.41, 5.74) is 2.21. The zero-order valence-corrected chi connectivity index (χ0v) is 25.3. The number of carbonyl (C=O) groups excluding carboxylic acids is 2. The average Bonchev–Trinajstić information content (AvgIpc) is 3.72. The fraction of sp³-hybridized carbons (Fsp3) is 0.467. The fourth-order valence-electron chi connectivity index (χ4n) is 7.13. The Morgan fingerprint density at radius 2 is 1.93 bits per heavy atom. The van der Waals surface area contributed by atoms with Gasteiger partial charge in [-0.15, -0.1) is 5.10 Å². The highest BCUT2D eigenvalue weighted by Crippen LogP contribution is 2.59. The molecule has 222 valence electrons. The zero-order chi connectivity index (χ0) is 29.8. The summed E-state index contributed by atoms with van der Waals surface area (Å²) in [6, 6.07) is 15.2. The van der Waals surface area contributed by atoms with E-state index in [4.69, 9.17) is 9.47 Å². The van der Waals surface area contributed by atoms with E-state index in [2.05, 4.69) is 10.3 Å². The smallest absolute Gasteiger partial charge is 0.414 e. The lowest BCUT2D eigenvalue weighted by molar-refractivity contribution is -0.145. The standard InChI is InChI=1S/C30H37N5O6Si/c1-19-27(42(3,4)39)26(12-13-34-17-24(31-32-34)22(18-36)20-8-6-5-7-9-20)41-30(19)23-16-21(35-14-15-40-29(35)38)10-11-25(23)33(2)28(30)37/h5-11,16-17,19,22,26-27,36,39H,12-15,18H2,1-4H3/t19-,22?,26+,27-,30+/m0/s1. The predicted molar refractivity (Wildman–Crippen MR) is 158 cm³/mol. The van der Waals surface area contributed by atoms with Crippen LogP contribution in [0.3, 0.4) is 0 Å². The summed E-state index contributed by atoms with van der Waals surface area (Å²) < 4.78 is 13.7. The van der Waals surface area contributed by atoms with E-state index in [0.717, 1.165) is 11.3 Å². The molecule has 1 aromatic heterocycles. The summed E-state index contributed by atoms with van der Waals surface area (Å²) in [4.78, 5) is 41.0. The van der Waals surface area contributed by atoms with Gasteiger partial charge in [-0.25, -0.2) is 4.79 Å². The molecule has 2 fully saturated rings. The summed E-state index contributed by atoms with van der Waals surface area (Å²) in [6.07, 6.45) is 1.52. The van der Waals surface area contributed by atoms with Crippen molar-refractivity contribution in [2.75, 3.05) is 36.6 Å². The van der Waals surface area contributed by atoms with Gasteiger partial charge in [-0.05, 0) is 43.3 Å². The van der Waals surface area contributed by atoms with Gasteiger partial charge in [0.05, 0.1) is 36.6 Å². The van der Waals surface area contributed by atoms with Crippen LogP contribution >= 0.6 is 0 Å². The second-order valence-corrected chi connectivity index (χ2v) is 16.0. The van der Waals surface area contributed by atoms with Crippen LogP contribution in [0.4, 0.5) is 16.2 Å². The first-order valence-corrected chi connectivity index (χ1v) is 17.4. The largest absolute Gasteiger partial charge is 0.447 e. The van der Waals surface area contributed by atoms with Crippen LogP contribution in [0, 0.1) is 5.92 Å². The second kappa shape index (κ2) is 10.6. The molecule has 0 bridgehead atoms. The van der Waals surface area contributed by atoms with Gasteiger partial charge in [0.25, 0.3) is 5.91 Å². The number of anilines is 2. The third-order valence-corrected chi connectivity index (χ3v) is 11.6. The summed E-state index contributed by atoms with van der Waals surface area (Å²) in [5.74, 6) is -0.768. The van der Waals surface area contributed by atoms with E-state index in [1.165, 1.54) is 0 Å². The van der Waals surface area contributed by atoms with Gasteiger partial charge in [0.1, 0.15) is 6.61 Å². The number of likely N-dealkylation sites (N-methyl/N-ethyl adjacent to an activating group) is 1. The molecule has 0 radical (unpaired) electrons. The molecule has 11 nitrogen and oxygen atoms in total. The first kappa shape index (κ1) is 28.5. The van der Waals surface area contributed by atoms with Crippen molar-refractivity contribution in [1.82, 2.24) is 15.0 Å². The maximum Gasteiger partial charge on any atom is 0.414 e. The Labute approximate surface area is 245 Å². The molecule has 3 aliphatic rings. The van der Waals surface area contributed by atoms with Crippen molar-refractivity contribution < 1.29 is 29.0 Å². The van der Waals surface area contributed by atoms with Gasteiger partial charge in [-0.3, -0.25) is 14.4 Å². The number of rotatable bonds is 8. The first-order valence-electron chi connectivity index (χ1n) is 14.4. The molecule has 0 aliphatic carbocycles. The fourth-order valence-corrected chi connectivity index (χ4v) is 9.74.